The maximum absolute atomic E-state index is 13.9. The second kappa shape index (κ2) is 10.7. The summed E-state index contributed by atoms with van der Waals surface area (Å²) >= 11 is 3.20. The molecule has 0 fully saturated rings. The molecule has 1 aromatic carbocycles. The van der Waals surface area contributed by atoms with Crippen molar-refractivity contribution < 1.29 is 37.2 Å². The molecule has 0 bridgehead atoms. The number of carbonyl (C=O) groups excluding carboxylic acids is 2. The number of benzene rings is 1. The molecule has 2 unspecified atom stereocenters. The predicted molar refractivity (Wildman–Crippen MR) is 112 cm³/mol. The van der Waals surface area contributed by atoms with Crippen LogP contribution in [0.2, 0.25) is 0 Å². The van der Waals surface area contributed by atoms with Gasteiger partial charge in [-0.25, -0.2) is 4.79 Å². The molecule has 1 aliphatic rings. The normalized spacial score (nSPS) is 18.8. The van der Waals surface area contributed by atoms with Gasteiger partial charge < -0.3 is 9.47 Å². The van der Waals surface area contributed by atoms with Gasteiger partial charge in [0.1, 0.15) is 5.92 Å². The van der Waals surface area contributed by atoms with Gasteiger partial charge in [-0.05, 0) is 25.3 Å². The Labute approximate surface area is 189 Å². The van der Waals surface area contributed by atoms with Gasteiger partial charge in [-0.15, -0.1) is 0 Å². The number of nitro benzene ring substituents is 1. The molecule has 32 heavy (non-hydrogen) atoms. The smallest absolute Gasteiger partial charge is 0.433 e. The van der Waals surface area contributed by atoms with E-state index in [0.717, 1.165) is 19.2 Å². The van der Waals surface area contributed by atoms with Crippen molar-refractivity contribution in [3.8, 4) is 0 Å². The minimum Gasteiger partial charge on any atom is -0.468 e. The highest BCUT2D eigenvalue weighted by atomic mass is 79.9. The first-order chi connectivity index (χ1) is 15.0. The highest BCUT2D eigenvalue weighted by Crippen LogP contribution is 2.45. The molecule has 2 rings (SSSR count). The molecule has 0 radical (unpaired) electrons. The molecule has 0 aliphatic carbocycles. The number of non-ortho nitro benzene ring substituents is 1. The molecule has 12 heteroatoms. The van der Waals surface area contributed by atoms with E-state index in [4.69, 9.17) is 9.47 Å². The van der Waals surface area contributed by atoms with Crippen LogP contribution in [-0.2, 0) is 19.1 Å². The van der Waals surface area contributed by atoms with Crippen LogP contribution in [0, 0.1) is 16.0 Å². The highest BCUT2D eigenvalue weighted by molar-refractivity contribution is 9.09. The Kier molecular flexibility index (Phi) is 8.53. The number of methoxy groups -OCH3 is 1. The summed E-state index contributed by atoms with van der Waals surface area (Å²) in [4.78, 5) is 39.3. The Hall–Kier alpha value is -2.76. The maximum atomic E-state index is 13.9. The van der Waals surface area contributed by atoms with Crippen LogP contribution >= 0.6 is 15.9 Å². The zero-order chi connectivity index (χ0) is 24.1. The number of nitro groups is 1. The Balaban J connectivity index is 2.71. The lowest BCUT2D eigenvalue weighted by atomic mass is 9.75. The molecule has 1 aliphatic heterocycles. The Morgan fingerprint density at radius 1 is 1.28 bits per heavy atom. The lowest BCUT2D eigenvalue weighted by Crippen LogP contribution is -2.38. The first kappa shape index (κ1) is 25.5. The summed E-state index contributed by atoms with van der Waals surface area (Å²) in [6.45, 7) is 1.06. The van der Waals surface area contributed by atoms with Crippen LogP contribution < -0.4 is 0 Å². The number of halogens is 4. The van der Waals surface area contributed by atoms with Crippen molar-refractivity contribution in [2.45, 2.75) is 31.9 Å². The summed E-state index contributed by atoms with van der Waals surface area (Å²) < 4.78 is 51.4. The Morgan fingerprint density at radius 2 is 1.97 bits per heavy atom. The quantitative estimate of drug-likeness (QED) is 0.164. The SMILES string of the molecule is COC(=O)C1C(C)=NC(C(F)(F)F)=C(C(=O)OCCCCBr)C1c1cccc([N+](=O)[O-])c1. The molecule has 174 valence electrons. The number of aliphatic imine (C=N–C) groups is 1. The van der Waals surface area contributed by atoms with Crippen molar-refractivity contribution in [3.63, 3.8) is 0 Å². The molecule has 1 heterocycles. The average Bonchev–Trinajstić information content (AvgIpc) is 2.74. The minimum absolute atomic E-state index is 0.0435. The van der Waals surface area contributed by atoms with Crippen LogP contribution in [0.5, 0.6) is 0 Å². The fourth-order valence-electron chi connectivity index (χ4n) is 3.36. The second-order valence-corrected chi connectivity index (χ2v) is 7.67. The second-order valence-electron chi connectivity index (χ2n) is 6.88. The largest absolute Gasteiger partial charge is 0.468 e. The van der Waals surface area contributed by atoms with Crippen LogP contribution in [0.25, 0.3) is 0 Å². The molecule has 0 aromatic heterocycles. The third-order valence-electron chi connectivity index (χ3n) is 4.78. The fraction of sp³-hybridized carbons (Fsp3) is 0.450. The van der Waals surface area contributed by atoms with Gasteiger partial charge in [-0.1, -0.05) is 28.1 Å². The average molecular weight is 521 g/mol. The van der Waals surface area contributed by atoms with Crippen LogP contribution in [0.15, 0.2) is 40.5 Å². The zero-order valence-electron chi connectivity index (χ0n) is 17.1. The van der Waals surface area contributed by atoms with Gasteiger partial charge in [0.05, 0.1) is 24.2 Å². The first-order valence-corrected chi connectivity index (χ1v) is 10.6. The summed E-state index contributed by atoms with van der Waals surface area (Å²) in [5, 5.41) is 11.8. The molecular formula is C20H20BrF3N2O6. The fourth-order valence-corrected chi connectivity index (χ4v) is 3.76. The predicted octanol–water partition coefficient (Wildman–Crippen LogP) is 4.48. The van der Waals surface area contributed by atoms with Gasteiger partial charge in [0.25, 0.3) is 5.69 Å². The Morgan fingerprint density at radius 3 is 2.53 bits per heavy atom. The number of hydrogen-bond donors (Lipinski definition) is 0. The first-order valence-electron chi connectivity index (χ1n) is 9.44. The number of ether oxygens (including phenoxy) is 2. The topological polar surface area (TPSA) is 108 Å². The van der Waals surface area contributed by atoms with Gasteiger partial charge in [0.15, 0.2) is 5.70 Å². The number of esters is 2. The molecule has 0 amide bonds. The summed E-state index contributed by atoms with van der Waals surface area (Å²) in [6, 6.07) is 4.73. The van der Waals surface area contributed by atoms with Crippen LogP contribution in [0.1, 0.15) is 31.2 Å². The minimum atomic E-state index is -5.04. The van der Waals surface area contributed by atoms with Gasteiger partial charge in [0, 0.05) is 29.1 Å². The van der Waals surface area contributed by atoms with Crippen LogP contribution in [0.4, 0.5) is 18.9 Å². The molecule has 2 atom stereocenters. The summed E-state index contributed by atoms with van der Waals surface area (Å²) in [5.74, 6) is -5.18. The summed E-state index contributed by atoms with van der Waals surface area (Å²) in [6.07, 6.45) is -4.02. The molecule has 8 nitrogen and oxygen atoms in total. The monoisotopic (exact) mass is 520 g/mol. The molecule has 0 spiro atoms. The van der Waals surface area contributed by atoms with Crippen molar-refractivity contribution in [1.29, 1.82) is 0 Å². The number of nitrogens with zero attached hydrogens (tertiary/aromatic N) is 2. The third-order valence-corrected chi connectivity index (χ3v) is 5.34. The number of hydrogen-bond acceptors (Lipinski definition) is 7. The lowest BCUT2D eigenvalue weighted by molar-refractivity contribution is -0.384. The van der Waals surface area contributed by atoms with Crippen LogP contribution in [0.3, 0.4) is 0 Å². The maximum Gasteiger partial charge on any atom is 0.433 e. The van der Waals surface area contributed by atoms with Crippen LogP contribution in [-0.4, -0.2) is 47.8 Å². The van der Waals surface area contributed by atoms with Crippen molar-refractivity contribution in [1.82, 2.24) is 0 Å². The molecule has 0 saturated carbocycles. The van der Waals surface area contributed by atoms with E-state index in [0.29, 0.717) is 18.2 Å². The number of alkyl halides is 4. The Bertz CT molecular complexity index is 961. The molecule has 1 aromatic rings. The van der Waals surface area contributed by atoms with E-state index < -0.39 is 51.8 Å². The van der Waals surface area contributed by atoms with E-state index in [2.05, 4.69) is 20.9 Å². The lowest BCUT2D eigenvalue weighted by Gasteiger charge is -2.32. The zero-order valence-corrected chi connectivity index (χ0v) is 18.7. The van der Waals surface area contributed by atoms with E-state index in [1.807, 2.05) is 0 Å². The van der Waals surface area contributed by atoms with Crippen molar-refractivity contribution >= 4 is 39.3 Å². The number of unbranched alkanes of at least 4 members (excludes halogenated alkanes) is 1. The van der Waals surface area contributed by atoms with Crippen molar-refractivity contribution in [2.24, 2.45) is 10.9 Å². The van der Waals surface area contributed by atoms with Crippen molar-refractivity contribution in [3.05, 3.63) is 51.2 Å². The van der Waals surface area contributed by atoms with Gasteiger partial charge in [-0.3, -0.25) is 19.9 Å². The summed E-state index contributed by atoms with van der Waals surface area (Å²) in [7, 11) is 1.04. The van der Waals surface area contributed by atoms with Gasteiger partial charge in [0.2, 0.25) is 0 Å². The molecule has 0 N–H and O–H groups in total. The van der Waals surface area contributed by atoms with E-state index in [-0.39, 0.29) is 17.9 Å². The van der Waals surface area contributed by atoms with E-state index in [1.54, 1.807) is 0 Å². The standard InChI is InChI=1S/C20H20BrF3N2O6/c1-11-14(18(27)31-2)15(12-6-5-7-13(10-12)26(29)30)16(17(25-11)20(22,23)24)19(28)32-9-4-3-8-21/h5-7,10,14-15H,3-4,8-9H2,1-2H3. The molecule has 0 saturated heterocycles. The van der Waals surface area contributed by atoms with E-state index >= 15 is 0 Å². The number of carbonyl (C=O) groups is 2. The van der Waals surface area contributed by atoms with Gasteiger partial charge >= 0.3 is 18.1 Å². The van der Waals surface area contributed by atoms with E-state index in [9.17, 15) is 32.9 Å². The highest BCUT2D eigenvalue weighted by Gasteiger charge is 2.49. The van der Waals surface area contributed by atoms with E-state index in [1.165, 1.54) is 19.1 Å². The third kappa shape index (κ3) is 5.72. The van der Waals surface area contributed by atoms with Crippen molar-refractivity contribution in [2.75, 3.05) is 19.0 Å². The van der Waals surface area contributed by atoms with Gasteiger partial charge in [-0.2, -0.15) is 13.2 Å². The summed E-state index contributed by atoms with van der Waals surface area (Å²) in [5.41, 5.74) is -3.09. The number of allylic oxidation sites excluding steroid dienone is 1. The molecular weight excluding hydrogens is 501 g/mol. The number of rotatable bonds is 8.